The Hall–Kier alpha value is -1.62. The zero-order chi connectivity index (χ0) is 18.1. The lowest BCUT2D eigenvalue weighted by atomic mass is 10.2. The minimum absolute atomic E-state index is 0.0158. The predicted molar refractivity (Wildman–Crippen MR) is 93.9 cm³/mol. The van der Waals surface area contributed by atoms with Crippen molar-refractivity contribution in [1.82, 2.24) is 9.97 Å². The molecule has 130 valence electrons. The van der Waals surface area contributed by atoms with Crippen LogP contribution in [0.3, 0.4) is 0 Å². The van der Waals surface area contributed by atoms with Crippen molar-refractivity contribution >= 4 is 60.4 Å². The van der Waals surface area contributed by atoms with Gasteiger partial charge in [0, 0.05) is 0 Å². The van der Waals surface area contributed by atoms with Crippen LogP contribution in [0.15, 0.2) is 30.5 Å². The Morgan fingerprint density at radius 1 is 1.08 bits per heavy atom. The highest BCUT2D eigenvalue weighted by atomic mass is 35.5. The summed E-state index contributed by atoms with van der Waals surface area (Å²) in [6.07, 6.45) is 3.02. The molecule has 0 aliphatic rings. The monoisotopic (exact) mass is 410 g/mol. The first-order valence-electron chi connectivity index (χ1n) is 6.24. The molecule has 0 aliphatic carbocycles. The van der Waals surface area contributed by atoms with Crippen molar-refractivity contribution in [1.29, 1.82) is 0 Å². The average Bonchev–Trinajstić information content (AvgIpc) is 2.42. The fourth-order valence-corrected chi connectivity index (χ4v) is 3.76. The summed E-state index contributed by atoms with van der Waals surface area (Å²) in [6.45, 7) is 0. The molecule has 1 N–H and O–H groups in total. The van der Waals surface area contributed by atoms with Gasteiger partial charge >= 0.3 is 0 Å². The van der Waals surface area contributed by atoms with Gasteiger partial charge in [0.25, 0.3) is 0 Å². The van der Waals surface area contributed by atoms with Crippen molar-refractivity contribution in [2.45, 2.75) is 0 Å². The molecule has 24 heavy (non-hydrogen) atoms. The minimum Gasteiger partial charge on any atom is -0.282 e. The third kappa shape index (κ3) is 4.47. The van der Waals surface area contributed by atoms with Crippen LogP contribution >= 0.6 is 23.2 Å². The van der Waals surface area contributed by atoms with Crippen LogP contribution in [0.2, 0.25) is 10.3 Å². The summed E-state index contributed by atoms with van der Waals surface area (Å²) < 4.78 is 50.7. The molecule has 12 heteroatoms. The van der Waals surface area contributed by atoms with Gasteiger partial charge in [0.1, 0.15) is 5.02 Å². The van der Waals surface area contributed by atoms with E-state index in [0.717, 1.165) is 23.0 Å². The number of halogens is 2. The second-order valence-corrected chi connectivity index (χ2v) is 9.05. The molecule has 0 saturated carbocycles. The third-order valence-corrected chi connectivity index (χ3v) is 4.71. The number of para-hydroxylation sites is 2. The molecule has 2 rings (SSSR count). The Morgan fingerprint density at radius 3 is 2.29 bits per heavy atom. The lowest BCUT2D eigenvalue weighted by molar-refractivity contribution is 0.600. The van der Waals surface area contributed by atoms with Crippen molar-refractivity contribution in [3.63, 3.8) is 0 Å². The maximum absolute atomic E-state index is 12.3. The molecule has 1 aromatic heterocycles. The van der Waals surface area contributed by atoms with Gasteiger partial charge in [0.2, 0.25) is 25.3 Å². The maximum atomic E-state index is 12.3. The molecule has 0 fully saturated rings. The van der Waals surface area contributed by atoms with Gasteiger partial charge in [0.05, 0.1) is 30.1 Å². The molecule has 8 nitrogen and oxygen atoms in total. The van der Waals surface area contributed by atoms with Gasteiger partial charge in [-0.1, -0.05) is 23.7 Å². The number of nitrogens with one attached hydrogen (secondary N) is 1. The van der Waals surface area contributed by atoms with E-state index in [1.165, 1.54) is 18.2 Å². The summed E-state index contributed by atoms with van der Waals surface area (Å²) in [5.41, 5.74) is 0.0540. The molecule has 0 atom stereocenters. The Morgan fingerprint density at radius 2 is 1.71 bits per heavy atom. The number of hydrogen-bond acceptors (Lipinski definition) is 6. The first-order valence-corrected chi connectivity index (χ1v) is 10.7. The van der Waals surface area contributed by atoms with Gasteiger partial charge in [-0.05, 0) is 23.7 Å². The van der Waals surface area contributed by atoms with E-state index < -0.39 is 20.0 Å². The van der Waals surface area contributed by atoms with Gasteiger partial charge in [-0.3, -0.25) is 4.72 Å². The van der Waals surface area contributed by atoms with E-state index in [4.69, 9.17) is 23.2 Å². The molecular weight excluding hydrogens is 399 g/mol. The number of sulfonamides is 2. The van der Waals surface area contributed by atoms with E-state index in [0.29, 0.717) is 0 Å². The molecule has 1 heterocycles. The quantitative estimate of drug-likeness (QED) is 0.756. The smallest absolute Gasteiger partial charge is 0.237 e. The van der Waals surface area contributed by atoms with Crippen LogP contribution in [0, 0.1) is 0 Å². The molecule has 1 aromatic carbocycles. The SMILES string of the molecule is CS(=O)(=O)Nc1ccccc1N(c1nc(Cl)ncc1Cl)S(C)(=O)=O. The molecule has 2 aromatic rings. The standard InChI is InChI=1S/C12H12Cl2N4O4S2/c1-23(19,20)17-9-5-3-4-6-10(9)18(24(2,21)22)11-8(13)7-15-12(14)16-11/h3-7,17H,1-2H3. The van der Waals surface area contributed by atoms with Gasteiger partial charge < -0.3 is 0 Å². The normalized spacial score (nSPS) is 12.0. The topological polar surface area (TPSA) is 109 Å². The average molecular weight is 411 g/mol. The van der Waals surface area contributed by atoms with Gasteiger partial charge in [0.15, 0.2) is 5.82 Å². The van der Waals surface area contributed by atoms with Gasteiger partial charge in [-0.15, -0.1) is 0 Å². The van der Waals surface area contributed by atoms with E-state index >= 15 is 0 Å². The van der Waals surface area contributed by atoms with Gasteiger partial charge in [-0.2, -0.15) is 4.98 Å². The number of aromatic nitrogens is 2. The van der Waals surface area contributed by atoms with Crippen LogP contribution < -0.4 is 9.03 Å². The number of anilines is 3. The highest BCUT2D eigenvalue weighted by Crippen LogP contribution is 2.37. The highest BCUT2D eigenvalue weighted by molar-refractivity contribution is 7.92. The largest absolute Gasteiger partial charge is 0.282 e. The summed E-state index contributed by atoms with van der Waals surface area (Å²) >= 11 is 11.7. The maximum Gasteiger partial charge on any atom is 0.237 e. The Bertz CT molecular complexity index is 980. The second-order valence-electron chi connectivity index (χ2n) is 4.73. The molecule has 0 aliphatic heterocycles. The molecule has 0 amide bonds. The van der Waals surface area contributed by atoms with Crippen molar-refractivity contribution in [3.8, 4) is 0 Å². The summed E-state index contributed by atoms with van der Waals surface area (Å²) in [5, 5.41) is -0.282. The van der Waals surface area contributed by atoms with Gasteiger partial charge in [-0.25, -0.2) is 26.1 Å². The number of hydrogen-bond donors (Lipinski definition) is 1. The van der Waals surface area contributed by atoms with E-state index in [2.05, 4.69) is 14.7 Å². The van der Waals surface area contributed by atoms with Crippen LogP contribution in [-0.4, -0.2) is 39.3 Å². The summed E-state index contributed by atoms with van der Waals surface area (Å²) in [4.78, 5) is 7.51. The van der Waals surface area contributed by atoms with Crippen LogP contribution in [0.4, 0.5) is 17.2 Å². The van der Waals surface area contributed by atoms with Crippen LogP contribution in [-0.2, 0) is 20.0 Å². The first-order chi connectivity index (χ1) is 11.0. The minimum atomic E-state index is -3.92. The van der Waals surface area contributed by atoms with E-state index in [9.17, 15) is 16.8 Å². The molecule has 0 radical (unpaired) electrons. The second kappa shape index (κ2) is 6.71. The van der Waals surface area contributed by atoms with E-state index in [1.54, 1.807) is 6.07 Å². The zero-order valence-corrected chi connectivity index (χ0v) is 15.6. The molecule has 0 saturated heterocycles. The number of benzene rings is 1. The van der Waals surface area contributed by atoms with Crippen molar-refractivity contribution in [3.05, 3.63) is 40.8 Å². The molecule has 0 spiro atoms. The lowest BCUT2D eigenvalue weighted by Gasteiger charge is -2.24. The van der Waals surface area contributed by atoms with Crippen molar-refractivity contribution < 1.29 is 16.8 Å². The molecular formula is C12H12Cl2N4O4S2. The number of rotatable bonds is 5. The third-order valence-electron chi connectivity index (χ3n) is 2.64. The zero-order valence-electron chi connectivity index (χ0n) is 12.4. The summed E-state index contributed by atoms with van der Waals surface area (Å²) in [6, 6.07) is 5.90. The Balaban J connectivity index is 2.74. The molecule has 0 bridgehead atoms. The van der Waals surface area contributed by atoms with E-state index in [1.807, 2.05) is 0 Å². The van der Waals surface area contributed by atoms with Crippen LogP contribution in [0.5, 0.6) is 0 Å². The fourth-order valence-electron chi connectivity index (χ4n) is 1.87. The molecule has 0 unspecified atom stereocenters. The van der Waals surface area contributed by atoms with Crippen LogP contribution in [0.25, 0.3) is 0 Å². The van der Waals surface area contributed by atoms with Crippen molar-refractivity contribution in [2.24, 2.45) is 0 Å². The first kappa shape index (κ1) is 18.7. The van der Waals surface area contributed by atoms with Crippen LogP contribution in [0.1, 0.15) is 0 Å². The fraction of sp³-hybridized carbons (Fsp3) is 0.167. The lowest BCUT2D eigenvalue weighted by Crippen LogP contribution is -2.27. The Kier molecular flexibility index (Phi) is 5.23. The predicted octanol–water partition coefficient (Wildman–Crippen LogP) is 2.25. The summed E-state index contributed by atoms with van der Waals surface area (Å²) in [7, 11) is -7.57. The number of nitrogens with zero attached hydrogens (tertiary/aromatic N) is 3. The highest BCUT2D eigenvalue weighted by Gasteiger charge is 2.27. The Labute approximate surface area is 149 Å². The van der Waals surface area contributed by atoms with E-state index in [-0.39, 0.29) is 27.5 Å². The van der Waals surface area contributed by atoms with Crippen molar-refractivity contribution in [2.75, 3.05) is 21.5 Å². The summed E-state index contributed by atoms with van der Waals surface area (Å²) in [5.74, 6) is -0.193.